The van der Waals surface area contributed by atoms with Crippen LogP contribution in [0.25, 0.3) is 11.0 Å². The van der Waals surface area contributed by atoms with Gasteiger partial charge in [-0.1, -0.05) is 12.1 Å². The summed E-state index contributed by atoms with van der Waals surface area (Å²) in [7, 11) is 0. The fourth-order valence-corrected chi connectivity index (χ4v) is 3.77. The van der Waals surface area contributed by atoms with Crippen LogP contribution < -0.4 is 16.4 Å². The maximum absolute atomic E-state index is 11.3. The van der Waals surface area contributed by atoms with Crippen LogP contribution in [0.5, 0.6) is 0 Å². The average molecular weight is 410 g/mol. The van der Waals surface area contributed by atoms with E-state index in [-0.39, 0.29) is 17.5 Å². The Hall–Kier alpha value is -3.27. The Kier molecular flexibility index (Phi) is 6.03. The molecule has 4 rings (SSSR count). The van der Waals surface area contributed by atoms with Crippen molar-refractivity contribution >= 4 is 28.5 Å². The molecule has 1 aromatic carbocycles. The van der Waals surface area contributed by atoms with Crippen LogP contribution in [0.3, 0.4) is 0 Å². The van der Waals surface area contributed by atoms with Crippen molar-refractivity contribution in [2.45, 2.75) is 38.1 Å². The van der Waals surface area contributed by atoms with Crippen molar-refractivity contribution in [2.24, 2.45) is 11.7 Å². The van der Waals surface area contributed by atoms with E-state index < -0.39 is 4.92 Å². The lowest BCUT2D eigenvalue weighted by molar-refractivity contribution is -0.384. The molecule has 158 valence electrons. The second kappa shape index (κ2) is 9.04. The van der Waals surface area contributed by atoms with Gasteiger partial charge in [-0.2, -0.15) is 4.98 Å². The number of nitrogens with two attached hydrogens (primary N) is 1. The first-order chi connectivity index (χ1) is 14.6. The number of hydrogen-bond acceptors (Lipinski definition) is 8. The number of nitro groups is 1. The molecule has 0 saturated heterocycles. The zero-order valence-electron chi connectivity index (χ0n) is 16.7. The highest BCUT2D eigenvalue weighted by Crippen LogP contribution is 2.26. The summed E-state index contributed by atoms with van der Waals surface area (Å²) < 4.78 is 0. The number of nitrogens with one attached hydrogen (secondary N) is 3. The largest absolute Gasteiger partial charge is 0.364 e. The van der Waals surface area contributed by atoms with Crippen LogP contribution in [0.1, 0.15) is 31.5 Å². The zero-order valence-corrected chi connectivity index (χ0v) is 16.7. The highest BCUT2D eigenvalue weighted by atomic mass is 16.6. The fraction of sp³-hybridized carbons (Fsp3) is 0.450. The molecule has 0 atom stereocenters. The molecule has 2 heterocycles. The number of nitrogens with zero attached hydrogens (tertiary/aromatic N) is 4. The molecular formula is C20H26N8O2. The Bertz CT molecular complexity index is 980. The van der Waals surface area contributed by atoms with Crippen LogP contribution in [0.4, 0.5) is 17.5 Å². The molecule has 1 fully saturated rings. The number of anilines is 2. The van der Waals surface area contributed by atoms with Gasteiger partial charge in [0.15, 0.2) is 0 Å². The first kappa shape index (κ1) is 20.0. The van der Waals surface area contributed by atoms with Crippen molar-refractivity contribution in [2.75, 3.05) is 23.7 Å². The molecular weight excluding hydrogens is 384 g/mol. The van der Waals surface area contributed by atoms with E-state index in [1.54, 1.807) is 0 Å². The van der Waals surface area contributed by atoms with Gasteiger partial charge in [0, 0.05) is 25.6 Å². The SMILES string of the molecule is N[C@H]1CC[C@H](CNc2nc(NCCc3nc4ccccc4[nH]3)ncc2[N+](=O)[O-])CC1. The van der Waals surface area contributed by atoms with Crippen LogP contribution in [-0.4, -0.2) is 44.0 Å². The third-order valence-corrected chi connectivity index (χ3v) is 5.50. The predicted molar refractivity (Wildman–Crippen MR) is 115 cm³/mol. The summed E-state index contributed by atoms with van der Waals surface area (Å²) in [4.78, 5) is 27.1. The maximum Gasteiger partial charge on any atom is 0.329 e. The minimum atomic E-state index is -0.461. The van der Waals surface area contributed by atoms with Crippen molar-refractivity contribution in [1.82, 2.24) is 19.9 Å². The predicted octanol–water partition coefficient (Wildman–Crippen LogP) is 2.85. The number of rotatable bonds is 8. The van der Waals surface area contributed by atoms with Crippen molar-refractivity contribution in [3.8, 4) is 0 Å². The summed E-state index contributed by atoms with van der Waals surface area (Å²) in [6.45, 7) is 1.20. The van der Waals surface area contributed by atoms with Gasteiger partial charge in [-0.15, -0.1) is 0 Å². The van der Waals surface area contributed by atoms with Gasteiger partial charge in [-0.25, -0.2) is 9.97 Å². The van der Waals surface area contributed by atoms with Crippen LogP contribution in [0.2, 0.25) is 0 Å². The van der Waals surface area contributed by atoms with Gasteiger partial charge in [0.05, 0.1) is 16.0 Å². The first-order valence-electron chi connectivity index (χ1n) is 10.3. The molecule has 3 aromatic rings. The van der Waals surface area contributed by atoms with Crippen molar-refractivity contribution < 1.29 is 4.92 Å². The summed E-state index contributed by atoms with van der Waals surface area (Å²) in [6.07, 6.45) is 5.93. The number of aromatic nitrogens is 4. The molecule has 1 aliphatic rings. The molecule has 10 heteroatoms. The number of para-hydroxylation sites is 2. The van der Waals surface area contributed by atoms with Gasteiger partial charge in [-0.05, 0) is 43.7 Å². The molecule has 2 aromatic heterocycles. The van der Waals surface area contributed by atoms with E-state index >= 15 is 0 Å². The van der Waals surface area contributed by atoms with Gasteiger partial charge in [0.25, 0.3) is 0 Å². The molecule has 0 radical (unpaired) electrons. The Balaban J connectivity index is 1.36. The molecule has 30 heavy (non-hydrogen) atoms. The van der Waals surface area contributed by atoms with Gasteiger partial charge >= 0.3 is 5.69 Å². The summed E-state index contributed by atoms with van der Waals surface area (Å²) in [5.41, 5.74) is 7.75. The quantitative estimate of drug-likeness (QED) is 0.327. The summed E-state index contributed by atoms with van der Waals surface area (Å²) in [6, 6.07) is 8.13. The third-order valence-electron chi connectivity index (χ3n) is 5.50. The molecule has 10 nitrogen and oxygen atoms in total. The van der Waals surface area contributed by atoms with E-state index in [2.05, 4.69) is 30.6 Å². The normalized spacial score (nSPS) is 19.0. The Labute approximate surface area is 173 Å². The van der Waals surface area contributed by atoms with Crippen molar-refractivity contribution in [3.63, 3.8) is 0 Å². The monoisotopic (exact) mass is 410 g/mol. The number of imidazole rings is 1. The topological polar surface area (TPSA) is 148 Å². The van der Waals surface area contributed by atoms with Crippen LogP contribution in [-0.2, 0) is 6.42 Å². The molecule has 0 aliphatic heterocycles. The highest BCUT2D eigenvalue weighted by Gasteiger charge is 2.21. The van der Waals surface area contributed by atoms with Gasteiger partial charge < -0.3 is 21.4 Å². The number of benzene rings is 1. The van der Waals surface area contributed by atoms with Crippen LogP contribution >= 0.6 is 0 Å². The van der Waals surface area contributed by atoms with Crippen LogP contribution in [0.15, 0.2) is 30.5 Å². The third kappa shape index (κ3) is 4.82. The van der Waals surface area contributed by atoms with Gasteiger partial charge in [0.1, 0.15) is 12.0 Å². The standard InChI is InChI=1S/C20H26N8O2/c21-14-7-5-13(6-8-14)11-23-19-17(28(29)30)12-24-20(27-19)22-10-9-18-25-15-3-1-2-4-16(15)26-18/h1-4,12-14H,5-11,21H2,(H,25,26)(H2,22,23,24,27)/t13-,14-. The molecule has 0 bridgehead atoms. The number of hydrogen-bond donors (Lipinski definition) is 4. The van der Waals surface area contributed by atoms with Crippen molar-refractivity contribution in [3.05, 3.63) is 46.4 Å². The van der Waals surface area contributed by atoms with Crippen LogP contribution in [0, 0.1) is 16.0 Å². The number of H-pyrrole nitrogens is 1. The first-order valence-corrected chi connectivity index (χ1v) is 10.3. The minimum Gasteiger partial charge on any atom is -0.364 e. The maximum atomic E-state index is 11.3. The summed E-state index contributed by atoms with van der Waals surface area (Å²) in [5, 5.41) is 17.6. The highest BCUT2D eigenvalue weighted by molar-refractivity contribution is 5.74. The minimum absolute atomic E-state index is 0.120. The lowest BCUT2D eigenvalue weighted by Gasteiger charge is -2.26. The summed E-state index contributed by atoms with van der Waals surface area (Å²) >= 11 is 0. The van der Waals surface area contributed by atoms with E-state index in [0.717, 1.165) is 42.5 Å². The second-order valence-corrected chi connectivity index (χ2v) is 7.72. The smallest absolute Gasteiger partial charge is 0.329 e. The van der Waals surface area contributed by atoms with Gasteiger partial charge in [-0.3, -0.25) is 10.1 Å². The Morgan fingerprint density at radius 1 is 1.17 bits per heavy atom. The van der Waals surface area contributed by atoms with Crippen molar-refractivity contribution in [1.29, 1.82) is 0 Å². The van der Waals surface area contributed by atoms with E-state index in [9.17, 15) is 10.1 Å². The fourth-order valence-electron chi connectivity index (χ4n) is 3.77. The molecule has 0 amide bonds. The molecule has 5 N–H and O–H groups in total. The Morgan fingerprint density at radius 2 is 1.97 bits per heavy atom. The number of fused-ring (bicyclic) bond motifs is 1. The lowest BCUT2D eigenvalue weighted by Crippen LogP contribution is -2.29. The molecule has 1 aliphatic carbocycles. The Morgan fingerprint density at radius 3 is 2.73 bits per heavy atom. The lowest BCUT2D eigenvalue weighted by atomic mass is 9.86. The summed E-state index contributed by atoms with van der Waals surface area (Å²) in [5.74, 6) is 1.91. The second-order valence-electron chi connectivity index (χ2n) is 7.72. The van der Waals surface area contributed by atoms with E-state index in [1.807, 2.05) is 24.3 Å². The zero-order chi connectivity index (χ0) is 20.9. The van der Waals surface area contributed by atoms with E-state index in [0.29, 0.717) is 31.4 Å². The van der Waals surface area contributed by atoms with E-state index in [1.165, 1.54) is 6.20 Å². The number of aromatic amines is 1. The van der Waals surface area contributed by atoms with E-state index in [4.69, 9.17) is 5.73 Å². The molecule has 1 saturated carbocycles. The van der Waals surface area contributed by atoms with Gasteiger partial charge in [0.2, 0.25) is 11.8 Å². The molecule has 0 unspecified atom stereocenters. The average Bonchev–Trinajstić information content (AvgIpc) is 3.16. The molecule has 0 spiro atoms.